The third-order valence-corrected chi connectivity index (χ3v) is 12.9. The summed E-state index contributed by atoms with van der Waals surface area (Å²) < 4.78 is 66.3. The van der Waals surface area contributed by atoms with E-state index in [1.807, 2.05) is 0 Å². The molecular formula is C29H50O10S2. The van der Waals surface area contributed by atoms with Crippen LogP contribution in [-0.2, 0) is 34.6 Å². The van der Waals surface area contributed by atoms with Gasteiger partial charge in [-0.2, -0.15) is 16.8 Å². The van der Waals surface area contributed by atoms with Gasteiger partial charge in [-0.05, 0) is 93.3 Å². The van der Waals surface area contributed by atoms with Crippen LogP contribution in [0.5, 0.6) is 0 Å². The fourth-order valence-electron chi connectivity index (χ4n) is 8.93. The summed E-state index contributed by atoms with van der Waals surface area (Å²) in [6.45, 7) is 9.59. The Balaban J connectivity index is 0.000000242. The fraction of sp³-hybridized carbons (Fsp3) is 0.931. The van der Waals surface area contributed by atoms with Gasteiger partial charge in [0.2, 0.25) is 0 Å². The van der Waals surface area contributed by atoms with Crippen LogP contribution >= 0.6 is 0 Å². The molecule has 0 aromatic carbocycles. The number of fused-ring (bicyclic) bond motifs is 5. The van der Waals surface area contributed by atoms with Crippen molar-refractivity contribution in [3.8, 4) is 0 Å². The molecule has 41 heavy (non-hydrogen) atoms. The Bertz CT molecular complexity index is 1130. The lowest BCUT2D eigenvalue weighted by molar-refractivity contribution is -0.162. The second-order valence-electron chi connectivity index (χ2n) is 13.4. The first-order chi connectivity index (χ1) is 18.9. The van der Waals surface area contributed by atoms with Gasteiger partial charge in [-0.25, -0.2) is 0 Å². The van der Waals surface area contributed by atoms with Crippen LogP contribution in [-0.4, -0.2) is 59.6 Å². The van der Waals surface area contributed by atoms with E-state index in [0.717, 1.165) is 44.9 Å². The Morgan fingerprint density at radius 1 is 0.927 bits per heavy atom. The Labute approximate surface area is 245 Å². The van der Waals surface area contributed by atoms with Crippen LogP contribution in [0.2, 0.25) is 0 Å². The van der Waals surface area contributed by atoms with Crippen molar-refractivity contribution in [2.45, 2.75) is 129 Å². The molecule has 4 saturated carbocycles. The number of rotatable bonds is 9. The number of carbonyl (C=O) groups excluding carboxylic acids is 2. The van der Waals surface area contributed by atoms with Gasteiger partial charge in [0.25, 0.3) is 20.2 Å². The van der Waals surface area contributed by atoms with Crippen LogP contribution in [0.15, 0.2) is 0 Å². The second-order valence-corrected chi connectivity index (χ2v) is 16.6. The summed E-state index contributed by atoms with van der Waals surface area (Å²) in [6.07, 6.45) is 8.20. The highest BCUT2D eigenvalue weighted by atomic mass is 32.2. The maximum atomic E-state index is 13.3. The summed E-state index contributed by atoms with van der Waals surface area (Å²) in [4.78, 5) is 25.5. The highest BCUT2D eigenvalue weighted by Gasteiger charge is 2.63. The number of Topliss-reactive ketones (excluding diaryl/α,β-unsaturated/α-hetero) is 2. The lowest BCUT2D eigenvalue weighted by atomic mass is 9.44. The largest absolute Gasteiger partial charge is 0.393 e. The van der Waals surface area contributed by atoms with E-state index in [2.05, 4.69) is 13.8 Å². The van der Waals surface area contributed by atoms with Gasteiger partial charge in [-0.3, -0.25) is 18.7 Å². The second kappa shape index (κ2) is 13.0. The van der Waals surface area contributed by atoms with Crippen LogP contribution in [0.1, 0.15) is 112 Å². The number of ether oxygens (including phenoxy) is 1. The van der Waals surface area contributed by atoms with Gasteiger partial charge in [0, 0.05) is 18.3 Å². The van der Waals surface area contributed by atoms with E-state index in [9.17, 15) is 31.5 Å². The van der Waals surface area contributed by atoms with Crippen LogP contribution < -0.4 is 0 Å². The predicted octanol–water partition coefficient (Wildman–Crippen LogP) is 4.81. The fourth-order valence-corrected chi connectivity index (χ4v) is 10.6. The molecule has 0 heterocycles. The molecule has 4 fully saturated rings. The Morgan fingerprint density at radius 3 is 1.98 bits per heavy atom. The number of carbonyl (C=O) groups is 2. The van der Waals surface area contributed by atoms with Crippen molar-refractivity contribution >= 4 is 31.8 Å². The Morgan fingerprint density at radius 2 is 1.49 bits per heavy atom. The normalized spacial score (nSPS) is 38.5. The first-order valence-electron chi connectivity index (χ1n) is 15.2. The average molecular weight is 623 g/mol. The summed E-state index contributed by atoms with van der Waals surface area (Å²) in [6, 6.07) is 0. The molecule has 0 aromatic rings. The lowest BCUT2D eigenvalue weighted by Gasteiger charge is -2.59. The molecule has 4 rings (SSSR count). The van der Waals surface area contributed by atoms with E-state index in [0.29, 0.717) is 42.8 Å². The molecule has 0 aliphatic heterocycles. The number of hydrogen-bond acceptors (Lipinski definition) is 8. The molecule has 3 N–H and O–H groups in total. The smallest absolute Gasteiger partial charge is 0.292 e. The Kier molecular flexibility index (Phi) is 10.9. The molecule has 4 aliphatic rings. The van der Waals surface area contributed by atoms with Crippen molar-refractivity contribution in [3.63, 3.8) is 0 Å². The molecular weight excluding hydrogens is 572 g/mol. The van der Waals surface area contributed by atoms with Gasteiger partial charge < -0.3 is 9.84 Å². The van der Waals surface area contributed by atoms with Crippen LogP contribution in [0.3, 0.4) is 0 Å². The molecule has 0 aromatic heterocycles. The standard InChI is InChI=1S/C21H32O3.C8H18O7S2/c1-12(22)16-6-7-17-15-5-4-13-10-14(23)8-9-20(13,2)19(15)18(24)11-21(16,17)3;1-3-5-7(16(9,10)11)15-8(6-4-2)17(12,13)14/h13-17,19,23H,4-11H2,1-3H3;7-8H,3-6H2,1-2H3,(H,9,10,11)(H,12,13,14)/t13-,14+,15-,16+,17-,19+,20-,21+;/m0./s1. The van der Waals surface area contributed by atoms with E-state index >= 15 is 0 Å². The SMILES string of the molecule is CC(=O)[C@H]1CC[C@H]2[C@@H]3CC[C@H]4C[C@H](O)CC[C@]4(C)[C@H]3C(=O)C[C@]12C.CCCC(OC(CCC)S(=O)(=O)O)S(=O)(=O)O. The first kappa shape index (κ1) is 34.6. The van der Waals surface area contributed by atoms with Gasteiger partial charge >= 0.3 is 0 Å². The zero-order valence-electron chi connectivity index (χ0n) is 25.1. The quantitative estimate of drug-likeness (QED) is 0.303. The first-order valence-corrected chi connectivity index (χ1v) is 18.2. The summed E-state index contributed by atoms with van der Waals surface area (Å²) in [5.74, 6) is 2.48. The molecule has 12 heteroatoms. The number of aliphatic hydroxyl groups is 1. The molecule has 0 amide bonds. The van der Waals surface area contributed by atoms with Crippen molar-refractivity contribution in [1.82, 2.24) is 0 Å². The molecule has 0 saturated heterocycles. The van der Waals surface area contributed by atoms with Crippen LogP contribution in [0.25, 0.3) is 0 Å². The minimum Gasteiger partial charge on any atom is -0.393 e. The topological polar surface area (TPSA) is 172 Å². The maximum Gasteiger partial charge on any atom is 0.292 e. The molecule has 2 unspecified atom stereocenters. The summed E-state index contributed by atoms with van der Waals surface area (Å²) in [5.41, 5.74) is -3.28. The molecule has 0 radical (unpaired) electrons. The average Bonchev–Trinajstić information content (AvgIpc) is 3.19. The minimum atomic E-state index is -4.50. The van der Waals surface area contributed by atoms with Crippen molar-refractivity contribution in [1.29, 1.82) is 0 Å². The van der Waals surface area contributed by atoms with Crippen LogP contribution in [0, 0.1) is 40.4 Å². The van der Waals surface area contributed by atoms with Crippen molar-refractivity contribution in [3.05, 3.63) is 0 Å². The van der Waals surface area contributed by atoms with Gasteiger partial charge in [-0.15, -0.1) is 0 Å². The van der Waals surface area contributed by atoms with Crippen molar-refractivity contribution in [2.24, 2.45) is 40.4 Å². The summed E-state index contributed by atoms with van der Waals surface area (Å²) >= 11 is 0. The predicted molar refractivity (Wildman–Crippen MR) is 154 cm³/mol. The number of ketones is 2. The van der Waals surface area contributed by atoms with E-state index in [1.54, 1.807) is 20.8 Å². The number of aliphatic hydroxyl groups excluding tert-OH is 1. The molecule has 4 aliphatic carbocycles. The molecule has 10 nitrogen and oxygen atoms in total. The van der Waals surface area contributed by atoms with Gasteiger partial charge in [0.1, 0.15) is 11.6 Å². The van der Waals surface area contributed by atoms with Gasteiger partial charge in [0.15, 0.2) is 10.9 Å². The molecule has 238 valence electrons. The highest BCUT2D eigenvalue weighted by Crippen LogP contribution is 2.66. The number of hydrogen-bond donors (Lipinski definition) is 3. The zero-order valence-corrected chi connectivity index (χ0v) is 26.8. The van der Waals surface area contributed by atoms with E-state index in [4.69, 9.17) is 13.8 Å². The van der Waals surface area contributed by atoms with Crippen molar-refractivity contribution in [2.75, 3.05) is 0 Å². The molecule has 0 spiro atoms. The lowest BCUT2D eigenvalue weighted by Crippen LogP contribution is -2.58. The third kappa shape index (κ3) is 7.25. The van der Waals surface area contributed by atoms with Crippen LogP contribution in [0.4, 0.5) is 0 Å². The van der Waals surface area contributed by atoms with E-state index in [1.165, 1.54) is 0 Å². The van der Waals surface area contributed by atoms with Gasteiger partial charge in [-0.1, -0.05) is 40.5 Å². The maximum absolute atomic E-state index is 13.3. The van der Waals surface area contributed by atoms with E-state index < -0.39 is 31.1 Å². The summed E-state index contributed by atoms with van der Waals surface area (Å²) in [7, 11) is -9.00. The highest BCUT2D eigenvalue weighted by molar-refractivity contribution is 7.87. The molecule has 10 atom stereocenters. The van der Waals surface area contributed by atoms with Gasteiger partial charge in [0.05, 0.1) is 6.10 Å². The third-order valence-electron chi connectivity index (χ3n) is 10.8. The van der Waals surface area contributed by atoms with E-state index in [-0.39, 0.29) is 47.4 Å². The minimum absolute atomic E-state index is 0.0471. The monoisotopic (exact) mass is 622 g/mol. The van der Waals surface area contributed by atoms with Crippen molar-refractivity contribution < 1.29 is 45.4 Å². The molecule has 0 bridgehead atoms. The summed E-state index contributed by atoms with van der Waals surface area (Å²) in [5, 5.41) is 10.1. The zero-order chi connectivity index (χ0) is 31.0. The Hall–Kier alpha value is -0.920.